The maximum Gasteiger partial charge on any atom is 0.157 e. The SMILES string of the molecule is CCN(CC)CCN=C1NC2(CCCCC2)CS1. The van der Waals surface area contributed by atoms with Crippen molar-refractivity contribution in [2.75, 3.05) is 31.9 Å². The van der Waals surface area contributed by atoms with Crippen molar-refractivity contribution in [2.24, 2.45) is 4.99 Å². The minimum Gasteiger partial charge on any atom is -0.359 e. The number of aliphatic imine (C=N–C) groups is 1. The molecule has 0 bridgehead atoms. The van der Waals surface area contributed by atoms with Crippen LogP contribution in [-0.2, 0) is 0 Å². The van der Waals surface area contributed by atoms with Gasteiger partial charge in [-0.2, -0.15) is 0 Å². The lowest BCUT2D eigenvalue weighted by Gasteiger charge is -2.32. The van der Waals surface area contributed by atoms with Crippen LogP contribution < -0.4 is 5.32 Å². The van der Waals surface area contributed by atoms with Crippen LogP contribution in [0.25, 0.3) is 0 Å². The van der Waals surface area contributed by atoms with E-state index in [1.54, 1.807) is 0 Å². The van der Waals surface area contributed by atoms with Crippen LogP contribution >= 0.6 is 11.8 Å². The number of amidine groups is 1. The standard InChI is InChI=1S/C14H27N3S/c1-3-17(4-2)11-10-15-13-16-14(12-18-13)8-6-5-7-9-14/h3-12H2,1-2H3,(H,15,16). The van der Waals surface area contributed by atoms with E-state index < -0.39 is 0 Å². The fourth-order valence-corrected chi connectivity index (χ4v) is 4.17. The Labute approximate surface area is 116 Å². The van der Waals surface area contributed by atoms with Crippen LogP contribution in [0.15, 0.2) is 4.99 Å². The highest BCUT2D eigenvalue weighted by molar-refractivity contribution is 8.14. The van der Waals surface area contributed by atoms with Crippen LogP contribution in [0, 0.1) is 0 Å². The Bertz CT molecular complexity index is 281. The van der Waals surface area contributed by atoms with Gasteiger partial charge in [0.05, 0.1) is 6.54 Å². The van der Waals surface area contributed by atoms with Gasteiger partial charge in [-0.25, -0.2) is 0 Å². The number of hydrogen-bond donors (Lipinski definition) is 1. The van der Waals surface area contributed by atoms with Crippen molar-refractivity contribution in [3.63, 3.8) is 0 Å². The van der Waals surface area contributed by atoms with Crippen LogP contribution in [0.5, 0.6) is 0 Å². The molecule has 1 spiro atoms. The van der Waals surface area contributed by atoms with E-state index in [1.807, 2.05) is 11.8 Å². The second-order valence-corrected chi connectivity index (χ2v) is 6.43. The summed E-state index contributed by atoms with van der Waals surface area (Å²) in [4.78, 5) is 7.17. The quantitative estimate of drug-likeness (QED) is 0.831. The molecule has 1 heterocycles. The fourth-order valence-electron chi connectivity index (χ4n) is 2.92. The van der Waals surface area contributed by atoms with Crippen LogP contribution in [-0.4, -0.2) is 47.5 Å². The molecule has 0 unspecified atom stereocenters. The maximum absolute atomic E-state index is 4.74. The summed E-state index contributed by atoms with van der Waals surface area (Å²) in [7, 11) is 0. The van der Waals surface area contributed by atoms with E-state index >= 15 is 0 Å². The number of likely N-dealkylation sites (N-methyl/N-ethyl adjacent to an activating group) is 1. The van der Waals surface area contributed by atoms with Crippen LogP contribution in [0.3, 0.4) is 0 Å². The zero-order chi connectivity index (χ0) is 12.8. The van der Waals surface area contributed by atoms with Crippen molar-refractivity contribution in [2.45, 2.75) is 51.5 Å². The first-order valence-electron chi connectivity index (χ1n) is 7.46. The normalized spacial score (nSPS) is 24.9. The smallest absolute Gasteiger partial charge is 0.157 e. The van der Waals surface area contributed by atoms with E-state index in [2.05, 4.69) is 24.1 Å². The largest absolute Gasteiger partial charge is 0.359 e. The molecule has 1 N–H and O–H groups in total. The highest BCUT2D eigenvalue weighted by Crippen LogP contribution is 2.35. The molecule has 18 heavy (non-hydrogen) atoms. The van der Waals surface area contributed by atoms with Crippen molar-refractivity contribution in [1.82, 2.24) is 10.2 Å². The third-order valence-electron chi connectivity index (χ3n) is 4.23. The molecule has 4 heteroatoms. The minimum absolute atomic E-state index is 0.400. The van der Waals surface area contributed by atoms with Crippen molar-refractivity contribution in [1.29, 1.82) is 0 Å². The van der Waals surface area contributed by atoms with E-state index in [-0.39, 0.29) is 0 Å². The molecular weight excluding hydrogens is 242 g/mol. The zero-order valence-corrected chi connectivity index (χ0v) is 12.7. The summed E-state index contributed by atoms with van der Waals surface area (Å²) in [5.41, 5.74) is 0.400. The number of nitrogens with one attached hydrogen (secondary N) is 1. The topological polar surface area (TPSA) is 27.6 Å². The third-order valence-corrected chi connectivity index (χ3v) is 5.44. The lowest BCUT2D eigenvalue weighted by molar-refractivity contribution is 0.302. The number of thioether (sulfide) groups is 1. The van der Waals surface area contributed by atoms with Gasteiger partial charge in [-0.3, -0.25) is 4.99 Å². The second kappa shape index (κ2) is 6.80. The summed E-state index contributed by atoms with van der Waals surface area (Å²) in [6.07, 6.45) is 6.88. The summed E-state index contributed by atoms with van der Waals surface area (Å²) in [5.74, 6) is 1.23. The molecule has 1 aliphatic heterocycles. The highest BCUT2D eigenvalue weighted by Gasteiger charge is 2.37. The Morgan fingerprint density at radius 3 is 2.61 bits per heavy atom. The molecule has 3 nitrogen and oxygen atoms in total. The van der Waals surface area contributed by atoms with E-state index in [0.717, 1.165) is 26.2 Å². The molecular formula is C14H27N3S. The molecule has 2 aliphatic rings. The molecule has 1 saturated heterocycles. The Morgan fingerprint density at radius 2 is 1.94 bits per heavy atom. The number of hydrogen-bond acceptors (Lipinski definition) is 3. The molecule has 0 amide bonds. The van der Waals surface area contributed by atoms with Gasteiger partial charge >= 0.3 is 0 Å². The molecule has 0 aromatic carbocycles. The van der Waals surface area contributed by atoms with Gasteiger partial charge in [0.1, 0.15) is 0 Å². The van der Waals surface area contributed by atoms with Gasteiger partial charge in [0.15, 0.2) is 5.17 Å². The zero-order valence-electron chi connectivity index (χ0n) is 11.9. The van der Waals surface area contributed by atoms with Gasteiger partial charge in [-0.05, 0) is 25.9 Å². The summed E-state index contributed by atoms with van der Waals surface area (Å²) in [6, 6.07) is 0. The molecule has 1 saturated carbocycles. The van der Waals surface area contributed by atoms with Crippen LogP contribution in [0.2, 0.25) is 0 Å². The first-order chi connectivity index (χ1) is 8.78. The lowest BCUT2D eigenvalue weighted by atomic mass is 9.83. The molecule has 2 rings (SSSR count). The van der Waals surface area contributed by atoms with Crippen molar-refractivity contribution >= 4 is 16.9 Å². The van der Waals surface area contributed by atoms with Crippen LogP contribution in [0.4, 0.5) is 0 Å². The first-order valence-corrected chi connectivity index (χ1v) is 8.44. The van der Waals surface area contributed by atoms with Gasteiger partial charge in [-0.1, -0.05) is 44.9 Å². The molecule has 1 aliphatic carbocycles. The second-order valence-electron chi connectivity index (χ2n) is 5.47. The summed E-state index contributed by atoms with van der Waals surface area (Å²) >= 11 is 1.93. The molecule has 0 aromatic heterocycles. The maximum atomic E-state index is 4.74. The van der Waals surface area contributed by atoms with Gasteiger partial charge in [-0.15, -0.1) is 0 Å². The summed E-state index contributed by atoms with van der Waals surface area (Å²) in [5, 5.41) is 4.91. The van der Waals surface area contributed by atoms with Gasteiger partial charge in [0.2, 0.25) is 0 Å². The average molecular weight is 269 g/mol. The Kier molecular flexibility index (Phi) is 5.37. The minimum atomic E-state index is 0.400. The van der Waals surface area contributed by atoms with E-state index in [9.17, 15) is 0 Å². The molecule has 0 aromatic rings. The van der Waals surface area contributed by atoms with Crippen molar-refractivity contribution in [3.8, 4) is 0 Å². The number of nitrogens with zero attached hydrogens (tertiary/aromatic N) is 2. The predicted octanol–water partition coefficient (Wildman–Crippen LogP) is 2.72. The fraction of sp³-hybridized carbons (Fsp3) is 0.929. The van der Waals surface area contributed by atoms with Gasteiger partial charge in [0, 0.05) is 17.8 Å². The molecule has 2 fully saturated rings. The van der Waals surface area contributed by atoms with Crippen molar-refractivity contribution < 1.29 is 0 Å². The molecule has 0 atom stereocenters. The Morgan fingerprint density at radius 1 is 1.22 bits per heavy atom. The highest BCUT2D eigenvalue weighted by atomic mass is 32.2. The predicted molar refractivity (Wildman–Crippen MR) is 81.5 cm³/mol. The lowest BCUT2D eigenvalue weighted by Crippen LogP contribution is -2.45. The van der Waals surface area contributed by atoms with Crippen molar-refractivity contribution in [3.05, 3.63) is 0 Å². The Balaban J connectivity index is 1.77. The van der Waals surface area contributed by atoms with E-state index in [1.165, 1.54) is 43.0 Å². The summed E-state index contributed by atoms with van der Waals surface area (Å²) in [6.45, 7) is 8.73. The van der Waals surface area contributed by atoms with Crippen LogP contribution in [0.1, 0.15) is 46.0 Å². The van der Waals surface area contributed by atoms with Gasteiger partial charge < -0.3 is 10.2 Å². The summed E-state index contributed by atoms with van der Waals surface area (Å²) < 4.78 is 0. The van der Waals surface area contributed by atoms with E-state index in [0.29, 0.717) is 5.54 Å². The van der Waals surface area contributed by atoms with E-state index in [4.69, 9.17) is 4.99 Å². The Hall–Kier alpha value is -0.220. The monoisotopic (exact) mass is 269 g/mol. The molecule has 104 valence electrons. The number of rotatable bonds is 5. The third kappa shape index (κ3) is 3.64. The van der Waals surface area contributed by atoms with Gasteiger partial charge in [0.25, 0.3) is 0 Å². The average Bonchev–Trinajstić information content (AvgIpc) is 2.79. The first kappa shape index (κ1) is 14.2. The molecule has 0 radical (unpaired) electrons.